The number of carbonyl (C=O) groups excluding carboxylic acids is 4. The topological polar surface area (TPSA) is 115 Å². The minimum absolute atomic E-state index is 0.0626. The molecule has 152 valence electrons. The second-order valence-electron chi connectivity index (χ2n) is 6.53. The van der Waals surface area contributed by atoms with Crippen molar-refractivity contribution < 1.29 is 33.1 Å². The van der Waals surface area contributed by atoms with Gasteiger partial charge in [0, 0.05) is 18.7 Å². The van der Waals surface area contributed by atoms with E-state index in [1.807, 2.05) is 0 Å². The molecule has 1 fully saturated rings. The Hall–Kier alpha value is -3.62. The molecule has 29 heavy (non-hydrogen) atoms. The van der Waals surface area contributed by atoms with Crippen molar-refractivity contribution in [1.82, 2.24) is 4.90 Å². The average Bonchev–Trinajstić information content (AvgIpc) is 3.36. The molecule has 1 aliphatic rings. The van der Waals surface area contributed by atoms with Crippen molar-refractivity contribution in [3.63, 3.8) is 0 Å². The van der Waals surface area contributed by atoms with E-state index in [4.69, 9.17) is 4.42 Å². The Kier molecular flexibility index (Phi) is 5.96. The number of rotatable bonds is 6. The molecule has 0 saturated carbocycles. The van der Waals surface area contributed by atoms with E-state index in [2.05, 4.69) is 14.8 Å². The van der Waals surface area contributed by atoms with Crippen LogP contribution in [0.15, 0.2) is 41.0 Å². The van der Waals surface area contributed by atoms with E-state index in [9.17, 15) is 19.2 Å². The number of nitrogens with zero attached hydrogens (tertiary/aromatic N) is 1. The SMILES string of the molecule is COC(=O)c1cc(NC(=O)C2CC(=O)N(Cc3ccco3)C2)cc(C(=O)OC)c1. The van der Waals surface area contributed by atoms with Gasteiger partial charge in [-0.05, 0) is 30.3 Å². The molecule has 9 nitrogen and oxygen atoms in total. The quantitative estimate of drug-likeness (QED) is 0.736. The standard InChI is InChI=1S/C20H20N2O7/c1-27-19(25)12-6-13(20(26)28-2)8-15(7-12)21-18(24)14-9-17(23)22(10-14)11-16-4-3-5-29-16/h3-8,14H,9-11H2,1-2H3,(H,21,24). The van der Waals surface area contributed by atoms with Crippen LogP contribution in [0.25, 0.3) is 0 Å². The number of nitrogens with one attached hydrogen (secondary N) is 1. The second kappa shape index (κ2) is 8.59. The van der Waals surface area contributed by atoms with Crippen molar-refractivity contribution in [2.24, 2.45) is 5.92 Å². The van der Waals surface area contributed by atoms with Crippen molar-refractivity contribution in [2.45, 2.75) is 13.0 Å². The Morgan fingerprint density at radius 2 is 1.79 bits per heavy atom. The van der Waals surface area contributed by atoms with Gasteiger partial charge in [0.15, 0.2) is 0 Å². The first kappa shape index (κ1) is 20.1. The first-order chi connectivity index (χ1) is 13.9. The zero-order valence-electron chi connectivity index (χ0n) is 16.0. The van der Waals surface area contributed by atoms with Gasteiger partial charge in [0.05, 0.1) is 44.1 Å². The number of esters is 2. The highest BCUT2D eigenvalue weighted by molar-refractivity contribution is 6.01. The van der Waals surface area contributed by atoms with Crippen LogP contribution in [0.4, 0.5) is 5.69 Å². The lowest BCUT2D eigenvalue weighted by atomic mass is 10.1. The molecule has 2 heterocycles. The molecule has 0 bridgehead atoms. The molecule has 0 spiro atoms. The van der Waals surface area contributed by atoms with Crippen LogP contribution >= 0.6 is 0 Å². The zero-order valence-corrected chi connectivity index (χ0v) is 16.0. The monoisotopic (exact) mass is 400 g/mol. The third-order valence-electron chi connectivity index (χ3n) is 4.55. The van der Waals surface area contributed by atoms with E-state index in [-0.39, 0.29) is 35.7 Å². The first-order valence-electron chi connectivity index (χ1n) is 8.84. The Labute approximate surface area is 166 Å². The van der Waals surface area contributed by atoms with E-state index < -0.39 is 23.8 Å². The first-order valence-corrected chi connectivity index (χ1v) is 8.84. The summed E-state index contributed by atoms with van der Waals surface area (Å²) in [5, 5.41) is 2.67. The predicted molar refractivity (Wildman–Crippen MR) is 100.0 cm³/mol. The molecular formula is C20H20N2O7. The molecule has 2 amide bonds. The molecule has 0 radical (unpaired) electrons. The van der Waals surface area contributed by atoms with Crippen molar-refractivity contribution in [3.05, 3.63) is 53.5 Å². The van der Waals surface area contributed by atoms with Crippen LogP contribution in [-0.2, 0) is 25.6 Å². The Balaban J connectivity index is 1.73. The van der Waals surface area contributed by atoms with Crippen molar-refractivity contribution in [2.75, 3.05) is 26.1 Å². The molecule has 2 aromatic rings. The van der Waals surface area contributed by atoms with Gasteiger partial charge >= 0.3 is 11.9 Å². The lowest BCUT2D eigenvalue weighted by Crippen LogP contribution is -2.28. The second-order valence-corrected chi connectivity index (χ2v) is 6.53. The van der Waals surface area contributed by atoms with Gasteiger partial charge in [0.2, 0.25) is 11.8 Å². The summed E-state index contributed by atoms with van der Waals surface area (Å²) in [6, 6.07) is 7.60. The highest BCUT2D eigenvalue weighted by Gasteiger charge is 2.34. The van der Waals surface area contributed by atoms with Gasteiger partial charge in [-0.15, -0.1) is 0 Å². The van der Waals surface area contributed by atoms with Crippen LogP contribution in [0.2, 0.25) is 0 Å². The van der Waals surface area contributed by atoms with Crippen LogP contribution in [0.3, 0.4) is 0 Å². The van der Waals surface area contributed by atoms with Crippen molar-refractivity contribution >= 4 is 29.4 Å². The number of likely N-dealkylation sites (tertiary alicyclic amines) is 1. The Morgan fingerprint density at radius 3 is 2.34 bits per heavy atom. The largest absolute Gasteiger partial charge is 0.467 e. The van der Waals surface area contributed by atoms with E-state index in [1.165, 1.54) is 38.7 Å². The fourth-order valence-electron chi connectivity index (χ4n) is 3.11. The number of hydrogen-bond acceptors (Lipinski definition) is 7. The summed E-state index contributed by atoms with van der Waals surface area (Å²) in [5.74, 6) is -1.80. The maximum absolute atomic E-state index is 12.7. The number of carbonyl (C=O) groups is 4. The minimum Gasteiger partial charge on any atom is -0.467 e. The maximum Gasteiger partial charge on any atom is 0.337 e. The highest BCUT2D eigenvalue weighted by Crippen LogP contribution is 2.23. The fourth-order valence-corrected chi connectivity index (χ4v) is 3.11. The van der Waals surface area contributed by atoms with Gasteiger partial charge < -0.3 is 24.1 Å². The molecular weight excluding hydrogens is 380 g/mol. The molecule has 1 aromatic carbocycles. The molecule has 9 heteroatoms. The summed E-state index contributed by atoms with van der Waals surface area (Å²) in [4.78, 5) is 50.1. The predicted octanol–water partition coefficient (Wildman–Crippen LogP) is 1.84. The van der Waals surface area contributed by atoms with Crippen LogP contribution in [0, 0.1) is 5.92 Å². The number of methoxy groups -OCH3 is 2. The van der Waals surface area contributed by atoms with Crippen LogP contribution < -0.4 is 5.32 Å². The van der Waals surface area contributed by atoms with Gasteiger partial charge in [0.25, 0.3) is 0 Å². The van der Waals surface area contributed by atoms with Gasteiger partial charge in [-0.25, -0.2) is 9.59 Å². The van der Waals surface area contributed by atoms with E-state index in [1.54, 1.807) is 17.0 Å². The number of amides is 2. The van der Waals surface area contributed by atoms with Crippen LogP contribution in [0.5, 0.6) is 0 Å². The summed E-state index contributed by atoms with van der Waals surface area (Å²) < 4.78 is 14.6. The van der Waals surface area contributed by atoms with E-state index in [0.29, 0.717) is 12.3 Å². The fraction of sp³-hybridized carbons (Fsp3) is 0.300. The Bertz CT molecular complexity index is 902. The third-order valence-corrected chi connectivity index (χ3v) is 4.55. The normalized spacial score (nSPS) is 15.9. The lowest BCUT2D eigenvalue weighted by molar-refractivity contribution is -0.128. The summed E-state index contributed by atoms with van der Waals surface area (Å²) in [7, 11) is 2.42. The molecule has 1 atom stereocenters. The maximum atomic E-state index is 12.7. The van der Waals surface area contributed by atoms with E-state index >= 15 is 0 Å². The van der Waals surface area contributed by atoms with Crippen LogP contribution in [-0.4, -0.2) is 49.4 Å². The van der Waals surface area contributed by atoms with Crippen molar-refractivity contribution in [3.8, 4) is 0 Å². The number of furan rings is 1. The van der Waals surface area contributed by atoms with Gasteiger partial charge in [-0.3, -0.25) is 9.59 Å². The van der Waals surface area contributed by atoms with Gasteiger partial charge in [-0.1, -0.05) is 0 Å². The highest BCUT2D eigenvalue weighted by atomic mass is 16.5. The third kappa shape index (κ3) is 4.63. The van der Waals surface area contributed by atoms with Gasteiger partial charge in [-0.2, -0.15) is 0 Å². The Morgan fingerprint density at radius 1 is 1.14 bits per heavy atom. The molecule has 0 aliphatic carbocycles. The van der Waals surface area contributed by atoms with Crippen molar-refractivity contribution in [1.29, 1.82) is 0 Å². The minimum atomic E-state index is -0.660. The number of hydrogen-bond donors (Lipinski definition) is 1. The number of ether oxygens (including phenoxy) is 2. The number of benzene rings is 1. The number of anilines is 1. The van der Waals surface area contributed by atoms with Gasteiger partial charge in [0.1, 0.15) is 5.76 Å². The summed E-state index contributed by atoms with van der Waals surface area (Å²) in [5.41, 5.74) is 0.413. The molecule has 1 aromatic heterocycles. The molecule has 1 aliphatic heterocycles. The van der Waals surface area contributed by atoms with Crippen LogP contribution in [0.1, 0.15) is 32.9 Å². The smallest absolute Gasteiger partial charge is 0.337 e. The summed E-state index contributed by atoms with van der Waals surface area (Å²) in [6.07, 6.45) is 1.58. The molecule has 3 rings (SSSR count). The lowest BCUT2D eigenvalue weighted by Gasteiger charge is -2.15. The molecule has 1 saturated heterocycles. The summed E-state index contributed by atoms with van der Waals surface area (Å²) >= 11 is 0. The van der Waals surface area contributed by atoms with E-state index in [0.717, 1.165) is 0 Å². The average molecular weight is 400 g/mol. The summed E-state index contributed by atoms with van der Waals surface area (Å²) in [6.45, 7) is 0.534. The molecule has 1 unspecified atom stereocenters. The molecule has 1 N–H and O–H groups in total. The zero-order chi connectivity index (χ0) is 21.0.